The Balaban J connectivity index is 1.80. The third kappa shape index (κ3) is 2.93. The molecule has 108 valence electrons. The molecule has 3 aromatic rings. The summed E-state index contributed by atoms with van der Waals surface area (Å²) in [6.07, 6.45) is 7.23. The van der Waals surface area contributed by atoms with Crippen LogP contribution in [0.3, 0.4) is 0 Å². The third-order valence-electron chi connectivity index (χ3n) is 2.93. The second-order valence-electron chi connectivity index (χ2n) is 4.40. The fourth-order valence-electron chi connectivity index (χ4n) is 1.90. The molecule has 0 radical (unpaired) electrons. The molecule has 7 heteroatoms. The van der Waals surface area contributed by atoms with Gasteiger partial charge in [0.25, 0.3) is 5.91 Å². The molecule has 0 aliphatic carbocycles. The summed E-state index contributed by atoms with van der Waals surface area (Å²) in [5, 5.41) is 2.75. The Labute approximate surface area is 125 Å². The average molecular weight is 302 g/mol. The van der Waals surface area contributed by atoms with Crippen LogP contribution < -0.4 is 5.32 Å². The number of amides is 1. The summed E-state index contributed by atoms with van der Waals surface area (Å²) in [6, 6.07) is 3.89. The van der Waals surface area contributed by atoms with E-state index in [1.165, 1.54) is 11.3 Å². The van der Waals surface area contributed by atoms with Crippen LogP contribution in [0.5, 0.6) is 0 Å². The third-order valence-corrected chi connectivity index (χ3v) is 3.97. The van der Waals surface area contributed by atoms with Crippen molar-refractivity contribution in [3.63, 3.8) is 0 Å². The number of rotatable bonds is 5. The zero-order valence-electron chi connectivity index (χ0n) is 11.4. The molecular weight excluding hydrogens is 288 g/mol. The topological polar surface area (TPSA) is 68.5 Å². The highest BCUT2D eigenvalue weighted by Crippen LogP contribution is 2.27. The summed E-state index contributed by atoms with van der Waals surface area (Å²) in [7, 11) is 1.60. The Morgan fingerprint density at radius 3 is 3.10 bits per heavy atom. The molecule has 0 unspecified atom stereocenters. The predicted molar refractivity (Wildman–Crippen MR) is 80.5 cm³/mol. The van der Waals surface area contributed by atoms with Crippen molar-refractivity contribution in [3.05, 3.63) is 42.6 Å². The molecule has 0 atom stereocenters. The number of aromatic nitrogens is 3. The minimum atomic E-state index is -0.189. The molecule has 0 bridgehead atoms. The quantitative estimate of drug-likeness (QED) is 0.730. The molecule has 0 saturated heterocycles. The van der Waals surface area contributed by atoms with E-state index in [2.05, 4.69) is 15.3 Å². The first kappa shape index (κ1) is 13.7. The lowest BCUT2D eigenvalue weighted by molar-refractivity contribution is 0.0933. The Kier molecular flexibility index (Phi) is 3.94. The normalized spacial score (nSPS) is 10.9. The van der Waals surface area contributed by atoms with Gasteiger partial charge in [0.15, 0.2) is 4.96 Å². The zero-order valence-corrected chi connectivity index (χ0v) is 12.3. The van der Waals surface area contributed by atoms with Crippen LogP contribution in [0.4, 0.5) is 0 Å². The zero-order chi connectivity index (χ0) is 14.7. The van der Waals surface area contributed by atoms with E-state index >= 15 is 0 Å². The van der Waals surface area contributed by atoms with Gasteiger partial charge in [-0.2, -0.15) is 0 Å². The number of pyridine rings is 1. The standard InChI is InChI=1S/C14H14N4O2S/c1-20-6-5-16-13(19)11-8-18-9-12(21-14(18)17-11)10-3-2-4-15-7-10/h2-4,7-9H,5-6H2,1H3,(H,16,19). The Morgan fingerprint density at radius 2 is 2.38 bits per heavy atom. The molecule has 1 N–H and O–H groups in total. The van der Waals surface area contributed by atoms with E-state index in [4.69, 9.17) is 4.74 Å². The summed E-state index contributed by atoms with van der Waals surface area (Å²) in [6.45, 7) is 0.959. The van der Waals surface area contributed by atoms with Crippen molar-refractivity contribution in [2.75, 3.05) is 20.3 Å². The smallest absolute Gasteiger partial charge is 0.271 e. The Morgan fingerprint density at radius 1 is 1.48 bits per heavy atom. The van der Waals surface area contributed by atoms with E-state index in [9.17, 15) is 4.79 Å². The molecule has 0 aliphatic rings. The predicted octanol–water partition coefficient (Wildman–Crippen LogP) is 1.83. The lowest BCUT2D eigenvalue weighted by atomic mass is 10.2. The first-order chi connectivity index (χ1) is 10.3. The number of carbonyl (C=O) groups excluding carboxylic acids is 1. The first-order valence-electron chi connectivity index (χ1n) is 6.44. The number of methoxy groups -OCH3 is 1. The van der Waals surface area contributed by atoms with Crippen molar-refractivity contribution in [1.82, 2.24) is 19.7 Å². The van der Waals surface area contributed by atoms with Crippen LogP contribution in [0.2, 0.25) is 0 Å². The molecule has 3 heterocycles. The number of imidazole rings is 1. The number of hydrogen-bond donors (Lipinski definition) is 1. The van der Waals surface area contributed by atoms with Gasteiger partial charge < -0.3 is 10.1 Å². The lowest BCUT2D eigenvalue weighted by Gasteiger charge is -2.00. The van der Waals surface area contributed by atoms with Crippen molar-refractivity contribution < 1.29 is 9.53 Å². The molecule has 3 rings (SSSR count). The van der Waals surface area contributed by atoms with Gasteiger partial charge in [-0.25, -0.2) is 4.98 Å². The van der Waals surface area contributed by atoms with Crippen molar-refractivity contribution in [3.8, 4) is 10.4 Å². The summed E-state index contributed by atoms with van der Waals surface area (Å²) in [5.74, 6) is -0.189. The number of nitrogens with zero attached hydrogens (tertiary/aromatic N) is 3. The number of ether oxygens (including phenoxy) is 1. The van der Waals surface area contributed by atoms with Gasteiger partial charge >= 0.3 is 0 Å². The monoisotopic (exact) mass is 302 g/mol. The fraction of sp³-hybridized carbons (Fsp3) is 0.214. The van der Waals surface area contributed by atoms with Gasteiger partial charge in [-0.3, -0.25) is 14.2 Å². The molecule has 0 aromatic carbocycles. The van der Waals surface area contributed by atoms with Crippen LogP contribution in [0.25, 0.3) is 15.4 Å². The molecule has 0 fully saturated rings. The van der Waals surface area contributed by atoms with Gasteiger partial charge in [0, 0.05) is 44.0 Å². The van der Waals surface area contributed by atoms with E-state index in [1.54, 1.807) is 19.5 Å². The summed E-state index contributed by atoms with van der Waals surface area (Å²) >= 11 is 1.52. The van der Waals surface area contributed by atoms with E-state index in [0.717, 1.165) is 15.4 Å². The van der Waals surface area contributed by atoms with Gasteiger partial charge in [0.05, 0.1) is 11.5 Å². The van der Waals surface area contributed by atoms with Gasteiger partial charge in [0.2, 0.25) is 0 Å². The summed E-state index contributed by atoms with van der Waals surface area (Å²) < 4.78 is 6.75. The minimum Gasteiger partial charge on any atom is -0.383 e. The second-order valence-corrected chi connectivity index (χ2v) is 5.41. The number of nitrogens with one attached hydrogen (secondary N) is 1. The highest BCUT2D eigenvalue weighted by Gasteiger charge is 2.13. The first-order valence-corrected chi connectivity index (χ1v) is 7.25. The molecule has 0 saturated carbocycles. The van der Waals surface area contributed by atoms with Gasteiger partial charge in [-0.05, 0) is 6.07 Å². The highest BCUT2D eigenvalue weighted by molar-refractivity contribution is 7.20. The van der Waals surface area contributed by atoms with Crippen LogP contribution in [-0.2, 0) is 4.74 Å². The summed E-state index contributed by atoms with van der Waals surface area (Å²) in [5.41, 5.74) is 1.45. The Hall–Kier alpha value is -2.25. The van der Waals surface area contributed by atoms with E-state index in [-0.39, 0.29) is 5.91 Å². The average Bonchev–Trinajstić information content (AvgIpc) is 3.07. The lowest BCUT2D eigenvalue weighted by Crippen LogP contribution is -2.27. The highest BCUT2D eigenvalue weighted by atomic mass is 32.1. The van der Waals surface area contributed by atoms with E-state index in [1.807, 2.05) is 28.9 Å². The molecule has 3 aromatic heterocycles. The van der Waals surface area contributed by atoms with E-state index in [0.29, 0.717) is 18.8 Å². The molecular formula is C14H14N4O2S. The molecule has 0 aliphatic heterocycles. The molecule has 21 heavy (non-hydrogen) atoms. The second kappa shape index (κ2) is 6.02. The van der Waals surface area contributed by atoms with Gasteiger partial charge in [-0.1, -0.05) is 17.4 Å². The minimum absolute atomic E-state index is 0.189. The van der Waals surface area contributed by atoms with Crippen LogP contribution in [0, 0.1) is 0 Å². The number of hydrogen-bond acceptors (Lipinski definition) is 5. The molecule has 6 nitrogen and oxygen atoms in total. The molecule has 0 spiro atoms. The van der Waals surface area contributed by atoms with Crippen LogP contribution in [0.1, 0.15) is 10.5 Å². The maximum atomic E-state index is 11.9. The number of thiazole rings is 1. The van der Waals surface area contributed by atoms with Crippen molar-refractivity contribution in [2.24, 2.45) is 0 Å². The van der Waals surface area contributed by atoms with E-state index < -0.39 is 0 Å². The maximum absolute atomic E-state index is 11.9. The fourth-order valence-corrected chi connectivity index (χ4v) is 2.86. The molecule has 1 amide bonds. The van der Waals surface area contributed by atoms with Crippen LogP contribution in [0.15, 0.2) is 36.9 Å². The number of carbonyl (C=O) groups is 1. The van der Waals surface area contributed by atoms with Crippen LogP contribution >= 0.6 is 11.3 Å². The van der Waals surface area contributed by atoms with Gasteiger partial charge in [-0.15, -0.1) is 0 Å². The van der Waals surface area contributed by atoms with Crippen LogP contribution in [-0.4, -0.2) is 40.5 Å². The van der Waals surface area contributed by atoms with Crippen molar-refractivity contribution >= 4 is 22.2 Å². The van der Waals surface area contributed by atoms with Crippen molar-refractivity contribution in [2.45, 2.75) is 0 Å². The maximum Gasteiger partial charge on any atom is 0.271 e. The summed E-state index contributed by atoms with van der Waals surface area (Å²) in [4.78, 5) is 22.2. The van der Waals surface area contributed by atoms with Crippen molar-refractivity contribution in [1.29, 1.82) is 0 Å². The Bertz CT molecular complexity index is 719. The largest absolute Gasteiger partial charge is 0.383 e. The number of fused-ring (bicyclic) bond motifs is 1. The van der Waals surface area contributed by atoms with Gasteiger partial charge in [0.1, 0.15) is 5.69 Å². The SMILES string of the molecule is COCCNC(=O)c1cn2cc(-c3cccnc3)sc2n1.